The lowest BCUT2D eigenvalue weighted by atomic mass is 9.87. The number of nitrogens with two attached hydrogens (primary N) is 2. The van der Waals surface area contributed by atoms with E-state index in [4.69, 9.17) is 25.3 Å². The van der Waals surface area contributed by atoms with Crippen molar-refractivity contribution in [2.75, 3.05) is 37.8 Å². The summed E-state index contributed by atoms with van der Waals surface area (Å²) in [7, 11) is -16.4. The van der Waals surface area contributed by atoms with E-state index in [0.29, 0.717) is 0 Å². The number of fused-ring (bicyclic) bond motifs is 1. The molecule has 2 amide bonds. The largest absolute Gasteiger partial charge is 0.481 e. The monoisotopic (exact) mass is 882 g/mol. The van der Waals surface area contributed by atoms with Crippen molar-refractivity contribution in [1.29, 1.82) is 0 Å². The van der Waals surface area contributed by atoms with Crippen molar-refractivity contribution in [3.05, 3.63) is 12.7 Å². The first-order chi connectivity index (χ1) is 25.6. The maximum absolute atomic E-state index is 12.7. The summed E-state index contributed by atoms with van der Waals surface area (Å²) in [6.45, 7) is 3.00. The van der Waals surface area contributed by atoms with Crippen LogP contribution in [0, 0.1) is 5.41 Å². The molecular formula is C26H45N8O18P3S. The van der Waals surface area contributed by atoms with Gasteiger partial charge in [-0.25, -0.2) is 28.6 Å². The zero-order valence-electron chi connectivity index (χ0n) is 30.2. The first-order valence-electron chi connectivity index (χ1n) is 16.2. The van der Waals surface area contributed by atoms with Gasteiger partial charge in [0.05, 0.1) is 25.1 Å². The smallest absolute Gasteiger partial charge is 0.388 e. The summed E-state index contributed by atoms with van der Waals surface area (Å²) in [5.41, 5.74) is 8.45. The number of imidazole rings is 1. The van der Waals surface area contributed by atoms with Gasteiger partial charge in [-0.05, 0) is 13.8 Å². The maximum atomic E-state index is 12.7. The van der Waals surface area contributed by atoms with Gasteiger partial charge in [-0.2, -0.15) is 4.31 Å². The Morgan fingerprint density at radius 2 is 1.68 bits per heavy atom. The lowest BCUT2D eigenvalue weighted by molar-refractivity contribution is -0.137. The third kappa shape index (κ3) is 13.8. The number of hydrogen-bond donors (Lipinski definition) is 11. The first kappa shape index (κ1) is 47.9. The molecule has 8 atom stereocenters. The number of amides is 2. The van der Waals surface area contributed by atoms with E-state index in [-0.39, 0.29) is 42.2 Å². The summed E-state index contributed by atoms with van der Waals surface area (Å²) in [6.07, 6.45) is -7.06. The van der Waals surface area contributed by atoms with Gasteiger partial charge in [-0.1, -0.05) is 25.6 Å². The lowest BCUT2D eigenvalue weighted by Crippen LogP contribution is -2.48. The average molecular weight is 883 g/mol. The van der Waals surface area contributed by atoms with Gasteiger partial charge in [0, 0.05) is 30.7 Å². The van der Waals surface area contributed by atoms with Crippen LogP contribution in [0.4, 0.5) is 5.82 Å². The van der Waals surface area contributed by atoms with E-state index in [9.17, 15) is 63.0 Å². The van der Waals surface area contributed by atoms with Gasteiger partial charge >= 0.3 is 23.5 Å². The third-order valence-electron chi connectivity index (χ3n) is 7.76. The molecule has 0 aliphatic carbocycles. The van der Waals surface area contributed by atoms with Gasteiger partial charge in [-0.15, -0.1) is 0 Å². The standard InChI is InChI=1S/C26H45N8O18P3S/c1-25(2,19(37)22(38)30-6-5-14(35)29-7-8-56-24(39)18(27)26(3,4)40)10-49-55(46,47)52-54(44,45)48-9-13-17(51-53(41,42)43)16(36)23(50-13)34-12-33-15-20(28)31-11-32-21(15)34/h11-13,16-19,23,36-37,40H,5-10,27H2,1-4H3,(H,29,35)(H,30,38)(H,44,45)(H,46,47)(H2,28,31,32)(H2,41,42,43)/t13-,16-,17-,18?,19?,23-/m1/s1. The molecule has 2 aromatic rings. The summed E-state index contributed by atoms with van der Waals surface area (Å²) >= 11 is 0.820. The van der Waals surface area contributed by atoms with Crippen molar-refractivity contribution in [3.63, 3.8) is 0 Å². The Morgan fingerprint density at radius 1 is 1.04 bits per heavy atom. The Morgan fingerprint density at radius 3 is 2.30 bits per heavy atom. The van der Waals surface area contributed by atoms with Crippen molar-refractivity contribution < 1.29 is 85.6 Å². The van der Waals surface area contributed by atoms with Crippen LogP contribution in [0.5, 0.6) is 0 Å². The van der Waals surface area contributed by atoms with Crippen LogP contribution in [-0.2, 0) is 50.7 Å². The van der Waals surface area contributed by atoms with Crippen molar-refractivity contribution >= 4 is 69.1 Å². The molecule has 13 N–H and O–H groups in total. The fourth-order valence-electron chi connectivity index (χ4n) is 4.66. The number of aliphatic hydroxyl groups excluding tert-OH is 2. The molecule has 1 aliphatic rings. The highest BCUT2D eigenvalue weighted by molar-refractivity contribution is 8.13. The summed E-state index contributed by atoms with van der Waals surface area (Å²) in [5, 5.41) is 35.6. The maximum Gasteiger partial charge on any atom is 0.481 e. The Bertz CT molecular complexity index is 1860. The van der Waals surface area contributed by atoms with Crippen LogP contribution in [0.1, 0.15) is 40.3 Å². The molecule has 2 aromatic heterocycles. The van der Waals surface area contributed by atoms with Crippen molar-refractivity contribution in [1.82, 2.24) is 30.2 Å². The molecule has 26 nitrogen and oxygen atoms in total. The number of thioether (sulfide) groups is 1. The zero-order chi connectivity index (χ0) is 42.4. The predicted molar refractivity (Wildman–Crippen MR) is 191 cm³/mol. The number of carbonyl (C=O) groups excluding carboxylic acids is 3. The number of rotatable bonds is 21. The SMILES string of the molecule is CC(C)(O)C(N)C(=O)SCCNC(=O)CCNC(=O)C(O)C(C)(C)COP(=O)(O)OP(=O)(O)OC[C@H]1O[C@@H](n2cnc3c(N)ncnc32)[C@H](O)[C@@H]1OP(=O)(O)O. The molecule has 1 saturated heterocycles. The van der Waals surface area contributed by atoms with Crippen LogP contribution in [0.2, 0.25) is 0 Å². The van der Waals surface area contributed by atoms with Crippen LogP contribution < -0.4 is 22.1 Å². The molecule has 0 aromatic carbocycles. The summed E-state index contributed by atoms with van der Waals surface area (Å²) in [6, 6.07) is -1.12. The highest BCUT2D eigenvalue weighted by Gasteiger charge is 2.50. The molecule has 3 heterocycles. The molecular weight excluding hydrogens is 837 g/mol. The molecule has 56 heavy (non-hydrogen) atoms. The number of nitrogens with zero attached hydrogens (tertiary/aromatic N) is 4. The number of nitrogens with one attached hydrogen (secondary N) is 2. The molecule has 1 fully saturated rings. The summed E-state index contributed by atoms with van der Waals surface area (Å²) < 4.78 is 62.0. The fraction of sp³-hybridized carbons (Fsp3) is 0.692. The van der Waals surface area contributed by atoms with E-state index in [1.54, 1.807) is 0 Å². The summed E-state index contributed by atoms with van der Waals surface area (Å²) in [4.78, 5) is 87.5. The molecule has 4 unspecified atom stereocenters. The number of anilines is 1. The molecule has 0 saturated carbocycles. The Labute approximate surface area is 322 Å². The first-order valence-corrected chi connectivity index (χ1v) is 21.7. The van der Waals surface area contributed by atoms with Gasteiger partial charge < -0.3 is 61.7 Å². The molecule has 3 rings (SSSR count). The van der Waals surface area contributed by atoms with Gasteiger partial charge in [0.25, 0.3) is 0 Å². The number of carbonyl (C=O) groups is 3. The van der Waals surface area contributed by atoms with Gasteiger partial charge in [0.2, 0.25) is 16.9 Å². The Balaban J connectivity index is 1.49. The van der Waals surface area contributed by atoms with E-state index < -0.39 is 101 Å². The minimum atomic E-state index is -5.58. The number of phosphoric ester groups is 3. The van der Waals surface area contributed by atoms with Crippen LogP contribution in [0.25, 0.3) is 11.2 Å². The number of aromatic nitrogens is 4. The second-order valence-corrected chi connectivity index (χ2v) is 18.7. The fourth-order valence-corrected chi connectivity index (χ4v) is 8.36. The average Bonchev–Trinajstić information content (AvgIpc) is 3.63. The Hall–Kier alpha value is -2.52. The van der Waals surface area contributed by atoms with Crippen LogP contribution in [0.15, 0.2) is 12.7 Å². The van der Waals surface area contributed by atoms with E-state index in [1.807, 2.05) is 0 Å². The van der Waals surface area contributed by atoms with Gasteiger partial charge in [-0.3, -0.25) is 32.5 Å². The second kappa shape index (κ2) is 19.0. The summed E-state index contributed by atoms with van der Waals surface area (Å²) in [5.74, 6) is -1.41. The van der Waals surface area contributed by atoms with Crippen molar-refractivity contribution in [2.45, 2.75) is 76.4 Å². The van der Waals surface area contributed by atoms with E-state index in [2.05, 4.69) is 34.4 Å². The van der Waals surface area contributed by atoms with Crippen molar-refractivity contribution in [2.24, 2.45) is 11.1 Å². The van der Waals surface area contributed by atoms with Crippen molar-refractivity contribution in [3.8, 4) is 0 Å². The lowest BCUT2D eigenvalue weighted by Gasteiger charge is -2.30. The molecule has 30 heteroatoms. The highest BCUT2D eigenvalue weighted by atomic mass is 32.2. The van der Waals surface area contributed by atoms with E-state index >= 15 is 0 Å². The highest BCUT2D eigenvalue weighted by Crippen LogP contribution is 2.61. The third-order valence-corrected chi connectivity index (χ3v) is 11.8. The van der Waals surface area contributed by atoms with E-state index in [1.165, 1.54) is 27.7 Å². The quantitative estimate of drug-likeness (QED) is 0.0466. The van der Waals surface area contributed by atoms with E-state index in [0.717, 1.165) is 29.0 Å². The molecule has 0 radical (unpaired) electrons. The number of hydrogen-bond acceptors (Lipinski definition) is 20. The van der Waals surface area contributed by atoms with Gasteiger partial charge in [0.1, 0.15) is 42.3 Å². The number of aliphatic hydroxyl groups is 3. The Kier molecular flexibility index (Phi) is 16.3. The van der Waals surface area contributed by atoms with Crippen LogP contribution >= 0.6 is 35.2 Å². The molecule has 0 spiro atoms. The molecule has 318 valence electrons. The minimum absolute atomic E-state index is 0.0224. The topological polar surface area (TPSA) is 410 Å². The predicted octanol–water partition coefficient (Wildman–Crippen LogP) is -2.24. The minimum Gasteiger partial charge on any atom is -0.388 e. The number of ether oxygens (including phenoxy) is 1. The van der Waals surface area contributed by atoms with Crippen LogP contribution in [0.3, 0.4) is 0 Å². The second-order valence-electron chi connectivity index (χ2n) is 13.4. The van der Waals surface area contributed by atoms with Crippen LogP contribution in [-0.4, -0.2) is 139 Å². The molecule has 0 bridgehead atoms. The zero-order valence-corrected chi connectivity index (χ0v) is 33.7. The normalized spacial score (nSPS) is 22.6. The number of nitrogen functional groups attached to an aromatic ring is 1. The van der Waals surface area contributed by atoms with Gasteiger partial charge in [0.15, 0.2) is 17.7 Å². The molecule has 1 aliphatic heterocycles. The number of phosphoric acid groups is 3.